The van der Waals surface area contributed by atoms with E-state index in [-0.39, 0.29) is 18.4 Å². The summed E-state index contributed by atoms with van der Waals surface area (Å²) in [4.78, 5) is 29.7. The topological polar surface area (TPSA) is 61.9 Å². The molecule has 1 atom stereocenters. The summed E-state index contributed by atoms with van der Waals surface area (Å²) < 4.78 is 6.05. The number of para-hydroxylation sites is 2. The highest BCUT2D eigenvalue weighted by Gasteiger charge is 2.34. The fraction of sp³-hybridized carbons (Fsp3) is 0.417. The first kappa shape index (κ1) is 20.3. The monoisotopic (exact) mass is 407 g/mol. The van der Waals surface area contributed by atoms with Gasteiger partial charge in [0, 0.05) is 18.8 Å². The maximum atomic E-state index is 13.0. The van der Waals surface area contributed by atoms with Gasteiger partial charge >= 0.3 is 0 Å². The molecule has 2 aromatic rings. The number of nitrogens with one attached hydrogen (secondary N) is 1. The molecule has 4 rings (SSSR count). The molecule has 158 valence electrons. The van der Waals surface area contributed by atoms with E-state index in [2.05, 4.69) is 5.32 Å². The zero-order valence-corrected chi connectivity index (χ0v) is 17.7. The van der Waals surface area contributed by atoms with Crippen LogP contribution in [0.5, 0.6) is 5.75 Å². The zero-order valence-electron chi connectivity index (χ0n) is 17.7. The highest BCUT2D eigenvalue weighted by molar-refractivity contribution is 5.95. The third-order valence-corrected chi connectivity index (χ3v) is 5.81. The number of carbonyl (C=O) groups is 2. The molecule has 2 aromatic carbocycles. The van der Waals surface area contributed by atoms with Crippen molar-refractivity contribution in [3.63, 3.8) is 0 Å². The lowest BCUT2D eigenvalue weighted by Crippen LogP contribution is -2.52. The lowest BCUT2D eigenvalue weighted by atomic mass is 10.1. The molecule has 30 heavy (non-hydrogen) atoms. The van der Waals surface area contributed by atoms with Crippen molar-refractivity contribution in [2.24, 2.45) is 0 Å². The number of hydrogen-bond acceptors (Lipinski definition) is 4. The molecule has 2 amide bonds. The highest BCUT2D eigenvalue weighted by Crippen LogP contribution is 2.33. The van der Waals surface area contributed by atoms with Crippen LogP contribution < -0.4 is 15.0 Å². The van der Waals surface area contributed by atoms with E-state index in [4.69, 9.17) is 4.74 Å². The zero-order chi connectivity index (χ0) is 21.1. The van der Waals surface area contributed by atoms with Crippen LogP contribution in [-0.2, 0) is 9.59 Å². The number of aryl methyl sites for hydroxylation is 2. The molecule has 0 bridgehead atoms. The normalized spacial score (nSPS) is 18.4. The minimum Gasteiger partial charge on any atom is -0.477 e. The van der Waals surface area contributed by atoms with E-state index in [1.807, 2.05) is 66.1 Å². The average molecular weight is 408 g/mol. The number of rotatable bonds is 4. The van der Waals surface area contributed by atoms with Crippen LogP contribution in [0.3, 0.4) is 0 Å². The third kappa shape index (κ3) is 4.42. The molecule has 0 spiro atoms. The number of amides is 2. The molecule has 2 aliphatic heterocycles. The number of likely N-dealkylation sites (tertiary alicyclic amines) is 1. The second kappa shape index (κ2) is 8.78. The van der Waals surface area contributed by atoms with Crippen LogP contribution in [0.15, 0.2) is 42.5 Å². The number of ether oxygens (including phenoxy) is 1. The van der Waals surface area contributed by atoms with E-state index in [0.29, 0.717) is 12.3 Å². The number of carbonyl (C=O) groups excluding carboxylic acids is 2. The van der Waals surface area contributed by atoms with Crippen molar-refractivity contribution in [3.05, 3.63) is 53.6 Å². The van der Waals surface area contributed by atoms with Crippen LogP contribution >= 0.6 is 0 Å². The Morgan fingerprint density at radius 3 is 2.63 bits per heavy atom. The summed E-state index contributed by atoms with van der Waals surface area (Å²) in [6.45, 7) is 6.08. The van der Waals surface area contributed by atoms with Gasteiger partial charge in [-0.2, -0.15) is 0 Å². The molecule has 1 N–H and O–H groups in total. The van der Waals surface area contributed by atoms with Crippen molar-refractivity contribution >= 4 is 23.2 Å². The Labute approximate surface area is 177 Å². The van der Waals surface area contributed by atoms with Gasteiger partial charge in [-0.3, -0.25) is 9.59 Å². The second-order valence-corrected chi connectivity index (χ2v) is 8.21. The minimum absolute atomic E-state index is 0.0177. The molecular weight excluding hydrogens is 378 g/mol. The first-order chi connectivity index (χ1) is 14.5. The van der Waals surface area contributed by atoms with Crippen LogP contribution in [0.1, 0.15) is 30.4 Å². The molecule has 0 aliphatic carbocycles. The van der Waals surface area contributed by atoms with Gasteiger partial charge in [0.15, 0.2) is 6.10 Å². The quantitative estimate of drug-likeness (QED) is 0.842. The Kier molecular flexibility index (Phi) is 5.93. The number of hydrogen-bond donors (Lipinski definition) is 1. The van der Waals surface area contributed by atoms with Crippen LogP contribution in [0.25, 0.3) is 0 Å². The van der Waals surface area contributed by atoms with E-state index in [1.165, 1.54) is 6.42 Å². The average Bonchev–Trinajstić information content (AvgIpc) is 2.76. The molecule has 6 heteroatoms. The minimum atomic E-state index is -0.591. The van der Waals surface area contributed by atoms with Gasteiger partial charge in [-0.1, -0.05) is 24.3 Å². The molecule has 2 heterocycles. The molecule has 1 saturated heterocycles. The predicted molar refractivity (Wildman–Crippen MR) is 118 cm³/mol. The van der Waals surface area contributed by atoms with E-state index in [0.717, 1.165) is 48.4 Å². The summed E-state index contributed by atoms with van der Waals surface area (Å²) in [5, 5.41) is 3.02. The standard InChI is InChI=1S/C24H29N3O3/c1-17-10-11-18(2)19(14-17)25-23(28)16-27-15-22(24(29)26-12-6-3-7-13-26)30-21-9-5-4-8-20(21)27/h4-5,8-11,14,22H,3,6-7,12-13,15-16H2,1-2H3,(H,25,28)/t22-/m0/s1. The van der Waals surface area contributed by atoms with E-state index in [1.54, 1.807) is 0 Å². The summed E-state index contributed by atoms with van der Waals surface area (Å²) in [5.41, 5.74) is 3.79. The van der Waals surface area contributed by atoms with Crippen LogP contribution in [0.2, 0.25) is 0 Å². The Morgan fingerprint density at radius 1 is 1.07 bits per heavy atom. The molecule has 0 radical (unpaired) electrons. The fourth-order valence-electron chi connectivity index (χ4n) is 4.14. The SMILES string of the molecule is Cc1ccc(C)c(NC(=O)CN2C[C@@H](C(=O)N3CCCCC3)Oc3ccccc32)c1. The van der Waals surface area contributed by atoms with Crippen LogP contribution in [0.4, 0.5) is 11.4 Å². The summed E-state index contributed by atoms with van der Waals surface area (Å²) in [7, 11) is 0. The maximum Gasteiger partial charge on any atom is 0.265 e. The van der Waals surface area contributed by atoms with Gasteiger partial charge in [0.05, 0.1) is 18.8 Å². The van der Waals surface area contributed by atoms with E-state index >= 15 is 0 Å². The summed E-state index contributed by atoms with van der Waals surface area (Å²) in [6.07, 6.45) is 2.66. The third-order valence-electron chi connectivity index (χ3n) is 5.81. The van der Waals surface area contributed by atoms with Crippen molar-refractivity contribution in [1.29, 1.82) is 0 Å². The highest BCUT2D eigenvalue weighted by atomic mass is 16.5. The van der Waals surface area contributed by atoms with Gasteiger partial charge in [-0.15, -0.1) is 0 Å². The van der Waals surface area contributed by atoms with Crippen LogP contribution in [-0.4, -0.2) is 49.0 Å². The maximum absolute atomic E-state index is 13.0. The molecule has 0 unspecified atom stereocenters. The largest absolute Gasteiger partial charge is 0.477 e. The first-order valence-corrected chi connectivity index (χ1v) is 10.7. The Morgan fingerprint density at radius 2 is 1.83 bits per heavy atom. The summed E-state index contributed by atoms with van der Waals surface area (Å²) >= 11 is 0. The van der Waals surface area contributed by atoms with Crippen LogP contribution in [0, 0.1) is 13.8 Å². The van der Waals surface area contributed by atoms with Crippen molar-refractivity contribution in [2.75, 3.05) is 36.4 Å². The number of piperidine rings is 1. The smallest absolute Gasteiger partial charge is 0.265 e. The van der Waals surface area contributed by atoms with Crippen molar-refractivity contribution in [1.82, 2.24) is 4.90 Å². The Balaban J connectivity index is 1.50. The van der Waals surface area contributed by atoms with Crippen molar-refractivity contribution in [2.45, 2.75) is 39.2 Å². The first-order valence-electron chi connectivity index (χ1n) is 10.7. The van der Waals surface area contributed by atoms with E-state index in [9.17, 15) is 9.59 Å². The number of benzene rings is 2. The molecule has 1 fully saturated rings. The number of nitrogens with zero attached hydrogens (tertiary/aromatic N) is 2. The molecular formula is C24H29N3O3. The van der Waals surface area contributed by atoms with Gasteiger partial charge in [0.25, 0.3) is 5.91 Å². The van der Waals surface area contributed by atoms with Gasteiger partial charge in [0.2, 0.25) is 5.91 Å². The fourth-order valence-corrected chi connectivity index (χ4v) is 4.14. The molecule has 0 aromatic heterocycles. The van der Waals surface area contributed by atoms with Crippen molar-refractivity contribution in [3.8, 4) is 5.75 Å². The predicted octanol–water partition coefficient (Wildman–Crippen LogP) is 3.52. The summed E-state index contributed by atoms with van der Waals surface area (Å²) in [5.74, 6) is 0.562. The van der Waals surface area contributed by atoms with Gasteiger partial charge in [0.1, 0.15) is 5.75 Å². The lowest BCUT2D eigenvalue weighted by molar-refractivity contribution is -0.139. The van der Waals surface area contributed by atoms with E-state index < -0.39 is 6.10 Å². The van der Waals surface area contributed by atoms with Gasteiger partial charge in [-0.05, 0) is 62.4 Å². The van der Waals surface area contributed by atoms with Gasteiger partial charge < -0.3 is 19.9 Å². The number of anilines is 2. The summed E-state index contributed by atoms with van der Waals surface area (Å²) in [6, 6.07) is 13.6. The number of fused-ring (bicyclic) bond motifs is 1. The molecule has 0 saturated carbocycles. The lowest BCUT2D eigenvalue weighted by Gasteiger charge is -2.38. The Hall–Kier alpha value is -3.02. The molecule has 2 aliphatic rings. The van der Waals surface area contributed by atoms with Gasteiger partial charge in [-0.25, -0.2) is 0 Å². The van der Waals surface area contributed by atoms with Crippen molar-refractivity contribution < 1.29 is 14.3 Å². The second-order valence-electron chi connectivity index (χ2n) is 8.21. The molecule has 6 nitrogen and oxygen atoms in total. The Bertz CT molecular complexity index is 937.